The van der Waals surface area contributed by atoms with Crippen molar-refractivity contribution >= 4 is 17.5 Å². The maximum absolute atomic E-state index is 13.2. The first-order chi connectivity index (χ1) is 12.9. The fraction of sp³-hybridized carbons (Fsp3) is 0.412. The maximum atomic E-state index is 13.2. The number of nitrogens with zero attached hydrogens (tertiary/aromatic N) is 2. The van der Waals surface area contributed by atoms with Crippen molar-refractivity contribution in [3.8, 4) is 0 Å². The van der Waals surface area contributed by atoms with Crippen LogP contribution in [-0.2, 0) is 12.4 Å². The molecule has 2 aromatic rings. The minimum Gasteiger partial charge on any atom is -0.394 e. The number of hydrogen-bond acceptors (Lipinski definition) is 5. The Hall–Kier alpha value is -2.56. The molecule has 0 spiro atoms. The zero-order valence-electron chi connectivity index (χ0n) is 14.9. The van der Waals surface area contributed by atoms with Crippen LogP contribution in [0.4, 0.5) is 43.8 Å². The molecule has 11 heteroatoms. The average molecular weight is 408 g/mol. The molecule has 0 radical (unpaired) electrons. The van der Waals surface area contributed by atoms with Crippen molar-refractivity contribution in [2.45, 2.75) is 32.2 Å². The van der Waals surface area contributed by atoms with E-state index in [0.717, 1.165) is 18.2 Å². The molecule has 1 heterocycles. The molecule has 1 aromatic carbocycles. The summed E-state index contributed by atoms with van der Waals surface area (Å²) in [5, 5.41) is 14.2. The Labute approximate surface area is 156 Å². The molecule has 0 fully saturated rings. The second-order valence-electron chi connectivity index (χ2n) is 6.31. The minimum atomic E-state index is -4.84. The van der Waals surface area contributed by atoms with Crippen LogP contribution in [0.1, 0.15) is 25.1 Å². The number of aromatic nitrogens is 2. The van der Waals surface area contributed by atoms with E-state index in [1.165, 1.54) is 6.07 Å². The lowest BCUT2D eigenvalue weighted by Crippen LogP contribution is -2.30. The summed E-state index contributed by atoms with van der Waals surface area (Å²) in [4.78, 5) is 7.19. The van der Waals surface area contributed by atoms with E-state index in [2.05, 4.69) is 20.6 Å². The largest absolute Gasteiger partial charge is 0.433 e. The Kier molecular flexibility index (Phi) is 6.37. The summed E-state index contributed by atoms with van der Waals surface area (Å²) in [5.74, 6) is -1.10. The van der Waals surface area contributed by atoms with E-state index in [1.807, 2.05) is 0 Å². The van der Waals surface area contributed by atoms with E-state index in [0.29, 0.717) is 6.07 Å². The van der Waals surface area contributed by atoms with Crippen molar-refractivity contribution in [1.82, 2.24) is 9.97 Å². The normalized spacial score (nSPS) is 13.5. The molecular weight excluding hydrogens is 390 g/mol. The van der Waals surface area contributed by atoms with E-state index >= 15 is 0 Å². The molecule has 0 aliphatic rings. The molecule has 0 unspecified atom stereocenters. The molecule has 0 saturated carbocycles. The van der Waals surface area contributed by atoms with E-state index in [9.17, 15) is 31.4 Å². The van der Waals surface area contributed by atoms with E-state index in [-0.39, 0.29) is 5.92 Å². The quantitative estimate of drug-likeness (QED) is 0.606. The topological polar surface area (TPSA) is 70.1 Å². The van der Waals surface area contributed by atoms with Crippen LogP contribution in [0.25, 0.3) is 0 Å². The smallest absolute Gasteiger partial charge is 0.394 e. The lowest BCUT2D eigenvalue weighted by atomic mass is 10.1. The van der Waals surface area contributed by atoms with Gasteiger partial charge in [-0.05, 0) is 18.1 Å². The van der Waals surface area contributed by atoms with Crippen molar-refractivity contribution in [2.24, 2.45) is 5.92 Å². The van der Waals surface area contributed by atoms with Crippen LogP contribution in [0.15, 0.2) is 30.3 Å². The number of benzene rings is 1. The highest BCUT2D eigenvalue weighted by atomic mass is 19.4. The van der Waals surface area contributed by atoms with Crippen LogP contribution in [0, 0.1) is 5.92 Å². The van der Waals surface area contributed by atoms with Crippen molar-refractivity contribution < 1.29 is 31.4 Å². The fourth-order valence-electron chi connectivity index (χ4n) is 2.29. The van der Waals surface area contributed by atoms with Crippen molar-refractivity contribution in [3.05, 3.63) is 41.6 Å². The Morgan fingerprint density at radius 2 is 1.64 bits per heavy atom. The molecule has 0 bridgehead atoms. The lowest BCUT2D eigenvalue weighted by Gasteiger charge is -2.21. The summed E-state index contributed by atoms with van der Waals surface area (Å²) in [5.41, 5.74) is -2.83. The van der Waals surface area contributed by atoms with Crippen LogP contribution < -0.4 is 10.6 Å². The summed E-state index contributed by atoms with van der Waals surface area (Å²) >= 11 is 0. The van der Waals surface area contributed by atoms with E-state index in [4.69, 9.17) is 0 Å². The number of aliphatic hydroxyl groups excluding tert-OH is 1. The third-order valence-electron chi connectivity index (χ3n) is 3.83. The van der Waals surface area contributed by atoms with Gasteiger partial charge in [-0.25, -0.2) is 4.98 Å². The van der Waals surface area contributed by atoms with Crippen LogP contribution in [-0.4, -0.2) is 27.7 Å². The van der Waals surface area contributed by atoms with Gasteiger partial charge in [-0.2, -0.15) is 31.3 Å². The fourth-order valence-corrected chi connectivity index (χ4v) is 2.29. The predicted molar refractivity (Wildman–Crippen MR) is 91.1 cm³/mol. The maximum Gasteiger partial charge on any atom is 0.433 e. The van der Waals surface area contributed by atoms with Gasteiger partial charge in [0.2, 0.25) is 5.95 Å². The zero-order chi connectivity index (χ0) is 21.1. The molecule has 0 aliphatic heterocycles. The SMILES string of the molecule is CC(C)[C@@H](CO)Nc1nc(Nc2ccccc2C(F)(F)F)cc(C(F)(F)F)n1. The van der Waals surface area contributed by atoms with Crippen LogP contribution in [0.2, 0.25) is 0 Å². The third kappa shape index (κ3) is 5.47. The molecule has 1 atom stereocenters. The first-order valence-corrected chi connectivity index (χ1v) is 8.18. The Morgan fingerprint density at radius 1 is 1.00 bits per heavy atom. The molecular formula is C17H18F6N4O. The van der Waals surface area contributed by atoms with Gasteiger partial charge in [0, 0.05) is 6.07 Å². The summed E-state index contributed by atoms with van der Waals surface area (Å²) in [6.07, 6.45) is -9.55. The molecule has 0 saturated heterocycles. The van der Waals surface area contributed by atoms with Gasteiger partial charge in [-0.15, -0.1) is 0 Å². The van der Waals surface area contributed by atoms with Crippen molar-refractivity contribution in [1.29, 1.82) is 0 Å². The van der Waals surface area contributed by atoms with Gasteiger partial charge in [0.1, 0.15) is 5.82 Å². The first-order valence-electron chi connectivity index (χ1n) is 8.18. The average Bonchev–Trinajstić information content (AvgIpc) is 2.58. The van der Waals surface area contributed by atoms with Crippen LogP contribution in [0.3, 0.4) is 0 Å². The number of hydrogen-bond donors (Lipinski definition) is 3. The van der Waals surface area contributed by atoms with Crippen molar-refractivity contribution in [2.75, 3.05) is 17.2 Å². The standard InChI is InChI=1S/C17H18F6N4O/c1-9(2)12(8-28)25-15-26-13(17(21,22)23)7-14(27-15)24-11-6-4-3-5-10(11)16(18,19)20/h3-7,9,12,28H,8H2,1-2H3,(H2,24,25,26,27)/t12-/m1/s1. The number of aliphatic hydroxyl groups is 1. The zero-order valence-corrected chi connectivity index (χ0v) is 14.9. The number of anilines is 3. The Balaban J connectivity index is 2.46. The molecule has 154 valence electrons. The first kappa shape index (κ1) is 21.7. The highest BCUT2D eigenvalue weighted by Crippen LogP contribution is 2.36. The van der Waals surface area contributed by atoms with Gasteiger partial charge in [0.15, 0.2) is 5.69 Å². The summed E-state index contributed by atoms with van der Waals surface area (Å²) in [7, 11) is 0. The monoisotopic (exact) mass is 408 g/mol. The molecule has 28 heavy (non-hydrogen) atoms. The second kappa shape index (κ2) is 8.21. The van der Waals surface area contributed by atoms with Crippen molar-refractivity contribution in [3.63, 3.8) is 0 Å². The number of rotatable bonds is 6. The molecule has 1 aromatic heterocycles. The highest BCUT2D eigenvalue weighted by Gasteiger charge is 2.35. The minimum absolute atomic E-state index is 0.162. The molecule has 0 amide bonds. The molecule has 3 N–H and O–H groups in total. The molecule has 5 nitrogen and oxygen atoms in total. The van der Waals surface area contributed by atoms with Gasteiger partial charge >= 0.3 is 12.4 Å². The molecule has 2 rings (SSSR count). The van der Waals surface area contributed by atoms with Gasteiger partial charge in [0.25, 0.3) is 0 Å². The van der Waals surface area contributed by atoms with Crippen LogP contribution >= 0.6 is 0 Å². The summed E-state index contributed by atoms with van der Waals surface area (Å²) in [6, 6.07) is 4.23. The van der Waals surface area contributed by atoms with Gasteiger partial charge < -0.3 is 15.7 Å². The second-order valence-corrected chi connectivity index (χ2v) is 6.31. The van der Waals surface area contributed by atoms with Gasteiger partial charge in [-0.1, -0.05) is 26.0 Å². The Morgan fingerprint density at radius 3 is 2.18 bits per heavy atom. The van der Waals surface area contributed by atoms with Crippen LogP contribution in [0.5, 0.6) is 0 Å². The summed E-state index contributed by atoms with van der Waals surface area (Å²) < 4.78 is 78.8. The number of nitrogens with one attached hydrogen (secondary N) is 2. The summed E-state index contributed by atoms with van der Waals surface area (Å²) in [6.45, 7) is 3.05. The third-order valence-corrected chi connectivity index (χ3v) is 3.83. The Bertz CT molecular complexity index is 807. The van der Waals surface area contributed by atoms with E-state index in [1.54, 1.807) is 13.8 Å². The van der Waals surface area contributed by atoms with Gasteiger partial charge in [0.05, 0.1) is 23.9 Å². The number of alkyl halides is 6. The highest BCUT2D eigenvalue weighted by molar-refractivity contribution is 5.62. The van der Waals surface area contributed by atoms with E-state index < -0.39 is 53.7 Å². The number of halogens is 6. The molecule has 0 aliphatic carbocycles. The number of para-hydroxylation sites is 1. The lowest BCUT2D eigenvalue weighted by molar-refractivity contribution is -0.141. The predicted octanol–water partition coefficient (Wildman–Crippen LogP) is 4.69. The van der Waals surface area contributed by atoms with Gasteiger partial charge in [-0.3, -0.25) is 0 Å².